The van der Waals surface area contributed by atoms with Gasteiger partial charge in [-0.2, -0.15) is 0 Å². The van der Waals surface area contributed by atoms with Crippen LogP contribution in [0.2, 0.25) is 0 Å². The van der Waals surface area contributed by atoms with Crippen molar-refractivity contribution in [3.8, 4) is 0 Å². The number of nitrogens with zero attached hydrogens (tertiary/aromatic N) is 1. The first kappa shape index (κ1) is 15.6. The van der Waals surface area contributed by atoms with E-state index in [9.17, 15) is 0 Å². The molecule has 1 spiro atoms. The van der Waals surface area contributed by atoms with Crippen LogP contribution in [0.3, 0.4) is 0 Å². The monoisotopic (exact) mass is 299 g/mol. The fourth-order valence-corrected chi connectivity index (χ4v) is 5.46. The minimum Gasteiger partial charge on any atom is -0.351 e. The van der Waals surface area contributed by atoms with Crippen LogP contribution in [0.1, 0.15) is 77.6 Å². The summed E-state index contributed by atoms with van der Waals surface area (Å²) < 4.78 is 0. The number of unbranched alkanes of at least 4 members (excludes halogenated alkanes) is 5. The highest BCUT2D eigenvalue weighted by Crippen LogP contribution is 2.47. The van der Waals surface area contributed by atoms with Crippen molar-refractivity contribution < 1.29 is 0 Å². The molecule has 110 valence electrons. The summed E-state index contributed by atoms with van der Waals surface area (Å²) in [6, 6.07) is 0. The molecule has 0 atom stereocenters. The van der Waals surface area contributed by atoms with E-state index >= 15 is 0 Å². The predicted octanol–water partition coefficient (Wildman–Crippen LogP) is 5.38. The van der Waals surface area contributed by atoms with Crippen LogP contribution < -0.4 is 0 Å². The zero-order valence-corrected chi connectivity index (χ0v) is 14.1. The Morgan fingerprint density at radius 3 is 2.47 bits per heavy atom. The molecule has 0 N–H and O–H groups in total. The second-order valence-corrected chi connectivity index (χ2v) is 7.92. The van der Waals surface area contributed by atoms with Crippen molar-refractivity contribution in [2.24, 2.45) is 0 Å². The third-order valence-electron chi connectivity index (χ3n) is 4.63. The number of hydrogen-bond donors (Lipinski definition) is 0. The van der Waals surface area contributed by atoms with Gasteiger partial charge in [0.15, 0.2) is 0 Å². The quantitative estimate of drug-likeness (QED) is 0.459. The van der Waals surface area contributed by atoms with E-state index < -0.39 is 0 Å². The van der Waals surface area contributed by atoms with Gasteiger partial charge < -0.3 is 4.90 Å². The first-order valence-electron chi connectivity index (χ1n) is 8.23. The van der Waals surface area contributed by atoms with Crippen molar-refractivity contribution >= 4 is 29.0 Å². The molecule has 1 saturated heterocycles. The SMILES string of the molecule is CCCCCCCCN1C(=S)CSC12CCCCC2. The molecular weight excluding hydrogens is 270 g/mol. The van der Waals surface area contributed by atoms with Crippen LogP contribution in [0.25, 0.3) is 0 Å². The summed E-state index contributed by atoms with van der Waals surface area (Å²) in [5.41, 5.74) is 0. The van der Waals surface area contributed by atoms with Crippen LogP contribution in [-0.4, -0.2) is 27.1 Å². The van der Waals surface area contributed by atoms with Crippen molar-refractivity contribution in [3.05, 3.63) is 0 Å². The highest BCUT2D eigenvalue weighted by Gasteiger charge is 2.43. The average molecular weight is 300 g/mol. The van der Waals surface area contributed by atoms with E-state index in [1.54, 1.807) is 0 Å². The van der Waals surface area contributed by atoms with Crippen LogP contribution in [0.4, 0.5) is 0 Å². The highest BCUT2D eigenvalue weighted by molar-refractivity contribution is 8.03. The summed E-state index contributed by atoms with van der Waals surface area (Å²) in [7, 11) is 0. The summed E-state index contributed by atoms with van der Waals surface area (Å²) in [5.74, 6) is 1.10. The lowest BCUT2D eigenvalue weighted by Crippen LogP contribution is -2.45. The maximum absolute atomic E-state index is 5.62. The highest BCUT2D eigenvalue weighted by atomic mass is 32.2. The standard InChI is InChI=1S/C16H29NS2/c1-2-3-4-5-6-10-13-17-15(18)14-19-16(17)11-8-7-9-12-16/h2-14H2,1H3. The van der Waals surface area contributed by atoms with Crippen molar-refractivity contribution in [2.45, 2.75) is 82.4 Å². The van der Waals surface area contributed by atoms with E-state index in [1.807, 2.05) is 0 Å². The Labute approximate surface area is 128 Å². The molecule has 0 aromatic heterocycles. The third kappa shape index (κ3) is 4.10. The molecule has 0 aromatic rings. The van der Waals surface area contributed by atoms with Gasteiger partial charge in [-0.05, 0) is 19.3 Å². The number of thiocarbonyl (C=S) groups is 1. The Morgan fingerprint density at radius 1 is 1.05 bits per heavy atom. The molecule has 1 aliphatic heterocycles. The number of hydrogen-bond acceptors (Lipinski definition) is 2. The van der Waals surface area contributed by atoms with Gasteiger partial charge in [0.05, 0.1) is 9.86 Å². The molecule has 0 unspecified atom stereocenters. The smallest absolute Gasteiger partial charge is 0.0891 e. The van der Waals surface area contributed by atoms with Gasteiger partial charge >= 0.3 is 0 Å². The molecule has 0 amide bonds. The lowest BCUT2D eigenvalue weighted by molar-refractivity contribution is 0.216. The molecule has 2 rings (SSSR count). The molecule has 1 heterocycles. The molecule has 2 fully saturated rings. The molecule has 1 nitrogen and oxygen atoms in total. The Balaban J connectivity index is 1.75. The van der Waals surface area contributed by atoms with Crippen molar-refractivity contribution in [1.29, 1.82) is 0 Å². The maximum Gasteiger partial charge on any atom is 0.0891 e. The van der Waals surface area contributed by atoms with E-state index in [0.717, 1.165) is 5.75 Å². The van der Waals surface area contributed by atoms with Gasteiger partial charge in [0.1, 0.15) is 0 Å². The van der Waals surface area contributed by atoms with Crippen LogP contribution >= 0.6 is 24.0 Å². The fraction of sp³-hybridized carbons (Fsp3) is 0.938. The Bertz CT molecular complexity index is 284. The second kappa shape index (κ2) is 7.87. The Morgan fingerprint density at radius 2 is 1.74 bits per heavy atom. The van der Waals surface area contributed by atoms with Gasteiger partial charge in [-0.3, -0.25) is 0 Å². The van der Waals surface area contributed by atoms with E-state index in [1.165, 1.54) is 82.2 Å². The summed E-state index contributed by atoms with van der Waals surface area (Å²) >= 11 is 7.76. The van der Waals surface area contributed by atoms with Gasteiger partial charge in [-0.1, -0.05) is 70.5 Å². The van der Waals surface area contributed by atoms with E-state index in [4.69, 9.17) is 12.2 Å². The molecule has 1 saturated carbocycles. The minimum absolute atomic E-state index is 0.415. The number of rotatable bonds is 7. The van der Waals surface area contributed by atoms with E-state index in [0.29, 0.717) is 4.87 Å². The van der Waals surface area contributed by atoms with Crippen LogP contribution in [0.15, 0.2) is 0 Å². The third-order valence-corrected chi connectivity index (χ3v) is 6.76. The second-order valence-electron chi connectivity index (χ2n) is 6.11. The normalized spacial score (nSPS) is 22.4. The molecule has 0 aromatic carbocycles. The summed E-state index contributed by atoms with van der Waals surface area (Å²) in [4.78, 5) is 4.27. The molecule has 0 bridgehead atoms. The maximum atomic E-state index is 5.62. The Hall–Kier alpha value is 0.240. The van der Waals surface area contributed by atoms with Crippen LogP contribution in [0, 0.1) is 0 Å². The van der Waals surface area contributed by atoms with Crippen LogP contribution in [0.5, 0.6) is 0 Å². The van der Waals surface area contributed by atoms with Crippen LogP contribution in [-0.2, 0) is 0 Å². The summed E-state index contributed by atoms with van der Waals surface area (Å²) in [6.07, 6.45) is 15.3. The van der Waals surface area contributed by atoms with Crippen molar-refractivity contribution in [1.82, 2.24) is 4.90 Å². The summed E-state index contributed by atoms with van der Waals surface area (Å²) in [6.45, 7) is 3.50. The molecular formula is C16H29NS2. The first-order valence-corrected chi connectivity index (χ1v) is 9.62. The average Bonchev–Trinajstić information content (AvgIpc) is 2.72. The lowest BCUT2D eigenvalue weighted by Gasteiger charge is -2.41. The zero-order valence-electron chi connectivity index (χ0n) is 12.5. The molecule has 3 heteroatoms. The van der Waals surface area contributed by atoms with Gasteiger partial charge in [-0.25, -0.2) is 0 Å². The minimum atomic E-state index is 0.415. The first-order chi connectivity index (χ1) is 9.28. The molecule has 2 aliphatic rings. The van der Waals surface area contributed by atoms with Crippen molar-refractivity contribution in [3.63, 3.8) is 0 Å². The lowest BCUT2D eigenvalue weighted by atomic mass is 9.93. The van der Waals surface area contributed by atoms with Gasteiger partial charge in [0.25, 0.3) is 0 Å². The summed E-state index contributed by atoms with van der Waals surface area (Å²) in [5, 5.41) is 0. The molecule has 0 radical (unpaired) electrons. The van der Waals surface area contributed by atoms with Gasteiger partial charge in [0, 0.05) is 12.3 Å². The van der Waals surface area contributed by atoms with Gasteiger partial charge in [0.2, 0.25) is 0 Å². The Kier molecular flexibility index (Phi) is 6.48. The van der Waals surface area contributed by atoms with E-state index in [-0.39, 0.29) is 0 Å². The zero-order chi connectivity index (χ0) is 13.6. The predicted molar refractivity (Wildman–Crippen MR) is 91.0 cm³/mol. The van der Waals surface area contributed by atoms with Gasteiger partial charge in [-0.15, -0.1) is 11.8 Å². The molecule has 1 aliphatic carbocycles. The topological polar surface area (TPSA) is 3.24 Å². The van der Waals surface area contributed by atoms with Crippen molar-refractivity contribution in [2.75, 3.05) is 12.3 Å². The largest absolute Gasteiger partial charge is 0.351 e. The fourth-order valence-electron chi connectivity index (χ4n) is 3.48. The number of thioether (sulfide) groups is 1. The molecule has 19 heavy (non-hydrogen) atoms. The van der Waals surface area contributed by atoms with E-state index in [2.05, 4.69) is 23.6 Å².